The average Bonchev–Trinajstić information content (AvgIpc) is 2.15. The van der Waals surface area contributed by atoms with Crippen LogP contribution < -0.4 is 5.73 Å². The van der Waals surface area contributed by atoms with E-state index < -0.39 is 0 Å². The first-order valence-electron chi connectivity index (χ1n) is 5.38. The lowest BCUT2D eigenvalue weighted by molar-refractivity contribution is 0.261. The first kappa shape index (κ1) is 13.4. The highest BCUT2D eigenvalue weighted by molar-refractivity contribution is 4.89. The second-order valence-corrected chi connectivity index (χ2v) is 4.23. The van der Waals surface area contributed by atoms with Gasteiger partial charge in [0.25, 0.3) is 0 Å². The van der Waals surface area contributed by atoms with Gasteiger partial charge < -0.3 is 5.73 Å². The van der Waals surface area contributed by atoms with Crippen molar-refractivity contribution in [3.63, 3.8) is 0 Å². The molecule has 2 unspecified atom stereocenters. The van der Waals surface area contributed by atoms with Crippen molar-refractivity contribution < 1.29 is 0 Å². The first-order valence-corrected chi connectivity index (χ1v) is 5.38. The summed E-state index contributed by atoms with van der Waals surface area (Å²) in [6.07, 6.45) is 1.84. The van der Waals surface area contributed by atoms with Crippen LogP contribution in [0.25, 0.3) is 0 Å². The molecule has 0 rings (SSSR count). The van der Waals surface area contributed by atoms with Crippen molar-refractivity contribution >= 4 is 0 Å². The molecule has 0 spiro atoms. The molecule has 0 aromatic carbocycles. The van der Waals surface area contributed by atoms with Gasteiger partial charge in [-0.1, -0.05) is 20.8 Å². The van der Waals surface area contributed by atoms with Gasteiger partial charge in [0.15, 0.2) is 0 Å². The van der Waals surface area contributed by atoms with Crippen LogP contribution in [0.4, 0.5) is 0 Å². The predicted molar refractivity (Wildman–Crippen MR) is 59.8 cm³/mol. The van der Waals surface area contributed by atoms with E-state index in [4.69, 9.17) is 11.0 Å². The summed E-state index contributed by atoms with van der Waals surface area (Å²) in [5.41, 5.74) is 5.94. The molecule has 2 N–H and O–H groups in total. The Kier molecular flexibility index (Phi) is 6.52. The second kappa shape index (κ2) is 6.80. The molecule has 0 aromatic heterocycles. The molecule has 3 heteroatoms. The average molecular weight is 197 g/mol. The van der Waals surface area contributed by atoms with Gasteiger partial charge in [0.05, 0.1) is 12.1 Å². The highest BCUT2D eigenvalue weighted by Gasteiger charge is 2.13. The topological polar surface area (TPSA) is 53.0 Å². The number of rotatable bonds is 6. The number of nitriles is 1. The Morgan fingerprint density at radius 2 is 2.00 bits per heavy atom. The fraction of sp³-hybridized carbons (Fsp3) is 0.909. The summed E-state index contributed by atoms with van der Waals surface area (Å²) in [6, 6.07) is 2.57. The quantitative estimate of drug-likeness (QED) is 0.703. The molecule has 0 aliphatic rings. The molecule has 0 aliphatic heterocycles. The van der Waals surface area contributed by atoms with Gasteiger partial charge in [0.2, 0.25) is 0 Å². The molecule has 0 saturated carbocycles. The summed E-state index contributed by atoms with van der Waals surface area (Å²) < 4.78 is 0. The van der Waals surface area contributed by atoms with Crippen molar-refractivity contribution in [1.82, 2.24) is 4.90 Å². The lowest BCUT2D eigenvalue weighted by atomic mass is 10.0. The van der Waals surface area contributed by atoms with Crippen LogP contribution in [0.2, 0.25) is 0 Å². The van der Waals surface area contributed by atoms with Crippen LogP contribution in [0, 0.1) is 17.2 Å². The first-order chi connectivity index (χ1) is 6.52. The number of hydrogen-bond acceptors (Lipinski definition) is 3. The standard InChI is InChI=1S/C11H23N3/c1-5-10(8-12)14(4)7-6-11(13)9(2)3/h9-11H,5-7,13H2,1-4H3. The Hall–Kier alpha value is -0.590. The van der Waals surface area contributed by atoms with E-state index in [1.165, 1.54) is 0 Å². The van der Waals surface area contributed by atoms with Gasteiger partial charge in [-0.2, -0.15) is 5.26 Å². The molecule has 2 atom stereocenters. The van der Waals surface area contributed by atoms with E-state index in [1.54, 1.807) is 0 Å². The van der Waals surface area contributed by atoms with Gasteiger partial charge in [-0.3, -0.25) is 4.90 Å². The SMILES string of the molecule is CCC(C#N)N(C)CCC(N)C(C)C. The van der Waals surface area contributed by atoms with Gasteiger partial charge in [-0.25, -0.2) is 0 Å². The van der Waals surface area contributed by atoms with E-state index in [0.717, 1.165) is 19.4 Å². The zero-order valence-corrected chi connectivity index (χ0v) is 9.83. The molecule has 0 radical (unpaired) electrons. The van der Waals surface area contributed by atoms with Crippen molar-refractivity contribution in [2.75, 3.05) is 13.6 Å². The Balaban J connectivity index is 3.84. The second-order valence-electron chi connectivity index (χ2n) is 4.23. The maximum Gasteiger partial charge on any atom is 0.0972 e. The summed E-state index contributed by atoms with van der Waals surface area (Å²) in [7, 11) is 1.99. The molecule has 0 saturated heterocycles. The van der Waals surface area contributed by atoms with Gasteiger partial charge in [-0.05, 0) is 25.8 Å². The Morgan fingerprint density at radius 3 is 2.36 bits per heavy atom. The molecule has 0 heterocycles. The smallest absolute Gasteiger partial charge is 0.0972 e. The van der Waals surface area contributed by atoms with Gasteiger partial charge in [-0.15, -0.1) is 0 Å². The van der Waals surface area contributed by atoms with Crippen LogP contribution in [0.3, 0.4) is 0 Å². The molecular formula is C11H23N3. The molecule has 0 aliphatic carbocycles. The third-order valence-corrected chi connectivity index (χ3v) is 2.74. The van der Waals surface area contributed by atoms with Crippen LogP contribution in [0.1, 0.15) is 33.6 Å². The van der Waals surface area contributed by atoms with E-state index >= 15 is 0 Å². The Labute approximate surface area is 87.9 Å². The number of hydrogen-bond donors (Lipinski definition) is 1. The van der Waals surface area contributed by atoms with Crippen LogP contribution >= 0.6 is 0 Å². The van der Waals surface area contributed by atoms with E-state index in [-0.39, 0.29) is 12.1 Å². The maximum atomic E-state index is 8.85. The molecule has 3 nitrogen and oxygen atoms in total. The zero-order chi connectivity index (χ0) is 11.1. The van der Waals surface area contributed by atoms with Crippen molar-refractivity contribution in [1.29, 1.82) is 5.26 Å². The minimum Gasteiger partial charge on any atom is -0.327 e. The van der Waals surface area contributed by atoms with Gasteiger partial charge in [0, 0.05) is 12.6 Å². The summed E-state index contributed by atoms with van der Waals surface area (Å²) in [6.45, 7) is 7.21. The van der Waals surface area contributed by atoms with Gasteiger partial charge in [0.1, 0.15) is 0 Å². The van der Waals surface area contributed by atoms with Crippen LogP contribution in [-0.4, -0.2) is 30.6 Å². The van der Waals surface area contributed by atoms with Crippen LogP contribution in [0.15, 0.2) is 0 Å². The van der Waals surface area contributed by atoms with Crippen molar-refractivity contribution in [2.24, 2.45) is 11.7 Å². The van der Waals surface area contributed by atoms with E-state index in [2.05, 4.69) is 24.8 Å². The summed E-state index contributed by atoms with van der Waals surface area (Å²) in [5, 5.41) is 8.85. The van der Waals surface area contributed by atoms with E-state index in [1.807, 2.05) is 14.0 Å². The molecule has 0 amide bonds. The zero-order valence-electron chi connectivity index (χ0n) is 9.83. The molecule has 14 heavy (non-hydrogen) atoms. The molecule has 82 valence electrons. The summed E-state index contributed by atoms with van der Waals surface area (Å²) >= 11 is 0. The highest BCUT2D eigenvalue weighted by Crippen LogP contribution is 2.06. The van der Waals surface area contributed by atoms with Crippen molar-refractivity contribution in [3.05, 3.63) is 0 Å². The number of nitrogens with zero attached hydrogens (tertiary/aromatic N) is 2. The Morgan fingerprint density at radius 1 is 1.43 bits per heavy atom. The fourth-order valence-electron chi connectivity index (χ4n) is 1.34. The van der Waals surface area contributed by atoms with Gasteiger partial charge >= 0.3 is 0 Å². The lowest BCUT2D eigenvalue weighted by Gasteiger charge is -2.24. The summed E-state index contributed by atoms with van der Waals surface area (Å²) in [4.78, 5) is 2.09. The normalized spacial score (nSPS) is 15.6. The lowest BCUT2D eigenvalue weighted by Crippen LogP contribution is -2.36. The summed E-state index contributed by atoms with van der Waals surface area (Å²) in [5.74, 6) is 0.519. The minimum absolute atomic E-state index is 0.0364. The predicted octanol–water partition coefficient (Wildman–Crippen LogP) is 1.59. The fourth-order valence-corrected chi connectivity index (χ4v) is 1.34. The van der Waals surface area contributed by atoms with Crippen molar-refractivity contribution in [2.45, 2.75) is 45.7 Å². The minimum atomic E-state index is 0.0364. The largest absolute Gasteiger partial charge is 0.327 e. The third-order valence-electron chi connectivity index (χ3n) is 2.74. The van der Waals surface area contributed by atoms with Crippen LogP contribution in [0.5, 0.6) is 0 Å². The Bertz CT molecular complexity index is 183. The number of nitrogens with two attached hydrogens (primary N) is 1. The van der Waals surface area contributed by atoms with Crippen molar-refractivity contribution in [3.8, 4) is 6.07 Å². The van der Waals surface area contributed by atoms with E-state index in [9.17, 15) is 0 Å². The third kappa shape index (κ3) is 4.59. The molecule has 0 bridgehead atoms. The molecular weight excluding hydrogens is 174 g/mol. The monoisotopic (exact) mass is 197 g/mol. The highest BCUT2D eigenvalue weighted by atomic mass is 15.1. The van der Waals surface area contributed by atoms with Crippen LogP contribution in [-0.2, 0) is 0 Å². The maximum absolute atomic E-state index is 8.85. The molecule has 0 fully saturated rings. The van der Waals surface area contributed by atoms with E-state index in [0.29, 0.717) is 5.92 Å². The molecule has 0 aromatic rings.